The fourth-order valence-electron chi connectivity index (χ4n) is 1.87. The summed E-state index contributed by atoms with van der Waals surface area (Å²) < 4.78 is 0. The molecule has 0 fully saturated rings. The van der Waals surface area contributed by atoms with Crippen LogP contribution in [0.2, 0.25) is 5.02 Å². The Hall–Kier alpha value is -0.730. The minimum Gasteiger partial charge on any atom is -0.349 e. The van der Waals surface area contributed by atoms with Crippen LogP contribution in [-0.2, 0) is 0 Å². The zero-order valence-electron chi connectivity index (χ0n) is 11.9. The molecule has 0 aromatic heterocycles. The van der Waals surface area contributed by atoms with E-state index in [1.807, 2.05) is 13.0 Å². The average Bonchev–Trinajstić information content (AvgIpc) is 2.26. The monoisotopic (exact) mass is 301 g/mol. The van der Waals surface area contributed by atoms with Gasteiger partial charge in [-0.05, 0) is 36.5 Å². The number of nitrogens with one attached hydrogen (secondary N) is 1. The van der Waals surface area contributed by atoms with Crippen LogP contribution in [0.4, 0.5) is 0 Å². The number of hydrogen-bond donors (Lipinski definition) is 1. The summed E-state index contributed by atoms with van der Waals surface area (Å²) >= 11 is 11.9. The van der Waals surface area contributed by atoms with Gasteiger partial charge in [0.05, 0.1) is 10.6 Å². The van der Waals surface area contributed by atoms with Gasteiger partial charge in [-0.2, -0.15) is 0 Å². The first-order chi connectivity index (χ1) is 8.75. The molecule has 1 amide bonds. The summed E-state index contributed by atoms with van der Waals surface area (Å²) in [4.78, 5) is 12.3. The van der Waals surface area contributed by atoms with Crippen LogP contribution in [0.5, 0.6) is 0 Å². The number of hydrogen-bond acceptors (Lipinski definition) is 1. The van der Waals surface area contributed by atoms with E-state index in [-0.39, 0.29) is 17.4 Å². The molecule has 1 rings (SSSR count). The van der Waals surface area contributed by atoms with Crippen LogP contribution in [0, 0.1) is 12.3 Å². The lowest BCUT2D eigenvalue weighted by Gasteiger charge is -2.31. The molecule has 1 aromatic rings. The molecule has 0 saturated heterocycles. The molecule has 0 aliphatic heterocycles. The molecule has 1 aromatic carbocycles. The standard InChI is InChI=1S/C15H21Cl2NO/c1-10-5-6-11(12(17)9-10)14(19)18-13(7-8-16)15(2,3)4/h5-6,9,13H,7-8H2,1-4H3,(H,18,19). The molecule has 0 radical (unpaired) electrons. The highest BCUT2D eigenvalue weighted by atomic mass is 35.5. The van der Waals surface area contributed by atoms with Gasteiger partial charge in [-0.15, -0.1) is 11.6 Å². The summed E-state index contributed by atoms with van der Waals surface area (Å²) in [6.07, 6.45) is 0.736. The third-order valence-corrected chi connectivity index (χ3v) is 3.65. The number of alkyl halides is 1. The van der Waals surface area contributed by atoms with E-state index in [1.165, 1.54) is 0 Å². The molecule has 0 heterocycles. The molecule has 1 unspecified atom stereocenters. The molecule has 0 aliphatic carbocycles. The summed E-state index contributed by atoms with van der Waals surface area (Å²) in [6.45, 7) is 8.20. The number of benzene rings is 1. The highest BCUT2D eigenvalue weighted by Gasteiger charge is 2.26. The molecular formula is C15H21Cl2NO. The maximum Gasteiger partial charge on any atom is 0.253 e. The van der Waals surface area contributed by atoms with E-state index < -0.39 is 0 Å². The predicted molar refractivity (Wildman–Crippen MR) is 82.2 cm³/mol. The summed E-state index contributed by atoms with van der Waals surface area (Å²) in [6, 6.07) is 5.46. The van der Waals surface area contributed by atoms with E-state index in [0.29, 0.717) is 16.5 Å². The second-order valence-electron chi connectivity index (χ2n) is 5.85. The summed E-state index contributed by atoms with van der Waals surface area (Å²) in [5.41, 5.74) is 1.51. The number of carbonyl (C=O) groups is 1. The predicted octanol–water partition coefficient (Wildman–Crippen LogP) is 4.42. The fourth-order valence-corrected chi connectivity index (χ4v) is 2.41. The maximum atomic E-state index is 12.3. The lowest BCUT2D eigenvalue weighted by molar-refractivity contribution is 0.0900. The van der Waals surface area contributed by atoms with Crippen LogP contribution in [0.15, 0.2) is 18.2 Å². The zero-order valence-corrected chi connectivity index (χ0v) is 13.4. The number of halogens is 2. The Labute approximate surface area is 125 Å². The molecule has 0 bridgehead atoms. The van der Waals surface area contributed by atoms with E-state index in [1.54, 1.807) is 12.1 Å². The quantitative estimate of drug-likeness (QED) is 0.819. The average molecular weight is 302 g/mol. The first-order valence-electron chi connectivity index (χ1n) is 6.38. The summed E-state index contributed by atoms with van der Waals surface area (Å²) in [5.74, 6) is 0.374. The molecule has 0 saturated carbocycles. The molecule has 1 N–H and O–H groups in total. The van der Waals surface area contributed by atoms with Crippen LogP contribution in [-0.4, -0.2) is 17.8 Å². The van der Waals surface area contributed by atoms with Crippen LogP contribution in [0.3, 0.4) is 0 Å². The van der Waals surface area contributed by atoms with Crippen LogP contribution in [0.25, 0.3) is 0 Å². The van der Waals surface area contributed by atoms with Gasteiger partial charge in [0.2, 0.25) is 0 Å². The molecule has 0 spiro atoms. The Morgan fingerprint density at radius 1 is 1.37 bits per heavy atom. The smallest absolute Gasteiger partial charge is 0.253 e. The Morgan fingerprint density at radius 2 is 2.00 bits per heavy atom. The lowest BCUT2D eigenvalue weighted by Crippen LogP contribution is -2.44. The van der Waals surface area contributed by atoms with Gasteiger partial charge in [-0.25, -0.2) is 0 Å². The minimum atomic E-state index is -0.143. The minimum absolute atomic E-state index is 0.0230. The van der Waals surface area contributed by atoms with Gasteiger partial charge < -0.3 is 5.32 Å². The van der Waals surface area contributed by atoms with Crippen molar-refractivity contribution in [2.75, 3.05) is 5.88 Å². The molecule has 4 heteroatoms. The second kappa shape index (κ2) is 6.62. The Balaban J connectivity index is 2.88. The van der Waals surface area contributed by atoms with Gasteiger partial charge in [-0.1, -0.05) is 38.4 Å². The second-order valence-corrected chi connectivity index (χ2v) is 6.64. The molecule has 0 aliphatic rings. The van der Waals surface area contributed by atoms with E-state index in [0.717, 1.165) is 12.0 Å². The molecule has 1 atom stereocenters. The van der Waals surface area contributed by atoms with Gasteiger partial charge in [0.25, 0.3) is 5.91 Å². The normalized spacial score (nSPS) is 13.2. The first kappa shape index (κ1) is 16.3. The molecule has 2 nitrogen and oxygen atoms in total. The Bertz CT molecular complexity index is 452. The highest BCUT2D eigenvalue weighted by Crippen LogP contribution is 2.24. The number of carbonyl (C=O) groups excluding carboxylic acids is 1. The molecule has 19 heavy (non-hydrogen) atoms. The van der Waals surface area contributed by atoms with Crippen molar-refractivity contribution in [1.82, 2.24) is 5.32 Å². The highest BCUT2D eigenvalue weighted by molar-refractivity contribution is 6.33. The van der Waals surface area contributed by atoms with E-state index in [2.05, 4.69) is 26.1 Å². The third-order valence-electron chi connectivity index (χ3n) is 3.12. The van der Waals surface area contributed by atoms with E-state index >= 15 is 0 Å². The van der Waals surface area contributed by atoms with Crippen molar-refractivity contribution in [2.24, 2.45) is 5.41 Å². The SMILES string of the molecule is Cc1ccc(C(=O)NC(CCCl)C(C)(C)C)c(Cl)c1. The van der Waals surface area contributed by atoms with Crippen molar-refractivity contribution in [3.63, 3.8) is 0 Å². The van der Waals surface area contributed by atoms with Gasteiger partial charge in [0.15, 0.2) is 0 Å². The fraction of sp³-hybridized carbons (Fsp3) is 0.533. The van der Waals surface area contributed by atoms with Crippen LogP contribution < -0.4 is 5.32 Å². The molecular weight excluding hydrogens is 281 g/mol. The number of rotatable bonds is 4. The summed E-state index contributed by atoms with van der Waals surface area (Å²) in [5, 5.41) is 3.51. The summed E-state index contributed by atoms with van der Waals surface area (Å²) in [7, 11) is 0. The van der Waals surface area contributed by atoms with E-state index in [4.69, 9.17) is 23.2 Å². The largest absolute Gasteiger partial charge is 0.349 e. The third kappa shape index (κ3) is 4.70. The lowest BCUT2D eigenvalue weighted by atomic mass is 9.85. The Kier molecular flexibility index (Phi) is 5.69. The van der Waals surface area contributed by atoms with Gasteiger partial charge in [-0.3, -0.25) is 4.79 Å². The first-order valence-corrected chi connectivity index (χ1v) is 7.30. The van der Waals surface area contributed by atoms with Crippen molar-refractivity contribution >= 4 is 29.1 Å². The number of amides is 1. The van der Waals surface area contributed by atoms with E-state index in [9.17, 15) is 4.79 Å². The van der Waals surface area contributed by atoms with Crippen molar-refractivity contribution in [3.8, 4) is 0 Å². The zero-order chi connectivity index (χ0) is 14.6. The van der Waals surface area contributed by atoms with Gasteiger partial charge in [0, 0.05) is 11.9 Å². The van der Waals surface area contributed by atoms with Gasteiger partial charge in [0.1, 0.15) is 0 Å². The van der Waals surface area contributed by atoms with Crippen molar-refractivity contribution < 1.29 is 4.79 Å². The van der Waals surface area contributed by atoms with Gasteiger partial charge >= 0.3 is 0 Å². The Morgan fingerprint density at radius 3 is 2.47 bits per heavy atom. The van der Waals surface area contributed by atoms with Crippen molar-refractivity contribution in [1.29, 1.82) is 0 Å². The maximum absolute atomic E-state index is 12.3. The topological polar surface area (TPSA) is 29.1 Å². The number of aryl methyl sites for hydroxylation is 1. The van der Waals surface area contributed by atoms with Crippen molar-refractivity contribution in [3.05, 3.63) is 34.3 Å². The molecule has 106 valence electrons. The van der Waals surface area contributed by atoms with Crippen molar-refractivity contribution in [2.45, 2.75) is 40.2 Å². The van der Waals surface area contributed by atoms with Crippen LogP contribution >= 0.6 is 23.2 Å². The van der Waals surface area contributed by atoms with Crippen LogP contribution in [0.1, 0.15) is 43.1 Å².